The third-order valence-electron chi connectivity index (χ3n) is 6.27. The van der Waals surface area contributed by atoms with E-state index in [4.69, 9.17) is 0 Å². The summed E-state index contributed by atoms with van der Waals surface area (Å²) in [5, 5.41) is 4.28. The Kier molecular flexibility index (Phi) is 6.14. The lowest BCUT2D eigenvalue weighted by atomic mass is 9.65. The molecule has 1 N–H and O–H groups in total. The van der Waals surface area contributed by atoms with E-state index in [1.54, 1.807) is 0 Å². The molecule has 0 radical (unpaired) electrons. The van der Waals surface area contributed by atoms with E-state index in [1.165, 1.54) is 32.1 Å². The second-order valence-electron chi connectivity index (χ2n) is 8.39. The normalized spacial score (nSPS) is 23.4. The van der Waals surface area contributed by atoms with Gasteiger partial charge >= 0.3 is 0 Å². The Bertz CT molecular complexity index is 244. The largest absolute Gasteiger partial charge is 0.305 e. The molecule has 0 amide bonds. The molecule has 1 aliphatic heterocycles. The van der Waals surface area contributed by atoms with Gasteiger partial charge in [-0.3, -0.25) is 0 Å². The fourth-order valence-corrected chi connectivity index (χ4v) is 4.64. The fourth-order valence-electron chi connectivity index (χ4n) is 4.64. The maximum atomic E-state index is 4.28. The lowest BCUT2D eigenvalue weighted by Crippen LogP contribution is -2.67. The summed E-state index contributed by atoms with van der Waals surface area (Å²) < 4.78 is 0. The summed E-state index contributed by atoms with van der Waals surface area (Å²) in [5.74, 6) is 2.77. The SMILES string of the molecule is CC(C)C1(C(C)C)CCCCCC(C(C)C)(C(C)C)N1. The van der Waals surface area contributed by atoms with Crippen molar-refractivity contribution in [2.24, 2.45) is 23.7 Å². The van der Waals surface area contributed by atoms with Gasteiger partial charge in [0.25, 0.3) is 0 Å². The van der Waals surface area contributed by atoms with Gasteiger partial charge in [-0.25, -0.2) is 0 Å². The molecule has 0 saturated carbocycles. The molecule has 1 heterocycles. The van der Waals surface area contributed by atoms with E-state index in [0.717, 1.165) is 0 Å². The zero-order valence-corrected chi connectivity index (χ0v) is 15.3. The van der Waals surface area contributed by atoms with Crippen molar-refractivity contribution in [3.63, 3.8) is 0 Å². The maximum absolute atomic E-state index is 4.28. The van der Waals surface area contributed by atoms with Gasteiger partial charge in [-0.2, -0.15) is 0 Å². The molecule has 20 heavy (non-hydrogen) atoms. The molecule has 0 unspecified atom stereocenters. The van der Waals surface area contributed by atoms with E-state index < -0.39 is 0 Å². The minimum Gasteiger partial charge on any atom is -0.305 e. The highest BCUT2D eigenvalue weighted by molar-refractivity contribution is 5.05. The van der Waals surface area contributed by atoms with Gasteiger partial charge < -0.3 is 5.32 Å². The summed E-state index contributed by atoms with van der Waals surface area (Å²) >= 11 is 0. The molecule has 0 aromatic rings. The number of hydrogen-bond donors (Lipinski definition) is 1. The van der Waals surface area contributed by atoms with Gasteiger partial charge in [-0.15, -0.1) is 0 Å². The molecule has 1 saturated heterocycles. The Morgan fingerprint density at radius 3 is 1.10 bits per heavy atom. The average molecular weight is 282 g/mol. The molecular formula is C19H39N. The smallest absolute Gasteiger partial charge is 0.0232 e. The Labute approximate surface area is 128 Å². The third-order valence-corrected chi connectivity index (χ3v) is 6.27. The number of nitrogens with one attached hydrogen (secondary N) is 1. The molecule has 1 fully saturated rings. The highest BCUT2D eigenvalue weighted by Gasteiger charge is 2.47. The average Bonchev–Trinajstić information content (AvgIpc) is 2.27. The maximum Gasteiger partial charge on any atom is 0.0232 e. The molecule has 0 spiro atoms. The van der Waals surface area contributed by atoms with E-state index in [0.29, 0.717) is 34.7 Å². The van der Waals surface area contributed by atoms with Crippen LogP contribution in [0.15, 0.2) is 0 Å². The van der Waals surface area contributed by atoms with Crippen LogP contribution >= 0.6 is 0 Å². The zero-order chi connectivity index (χ0) is 15.6. The molecule has 1 aliphatic rings. The molecule has 1 heteroatoms. The molecular weight excluding hydrogens is 242 g/mol. The van der Waals surface area contributed by atoms with Crippen molar-refractivity contribution in [1.29, 1.82) is 0 Å². The van der Waals surface area contributed by atoms with Gasteiger partial charge in [-0.05, 0) is 36.5 Å². The highest BCUT2D eigenvalue weighted by atomic mass is 15.1. The minimum absolute atomic E-state index is 0.301. The molecule has 1 rings (SSSR count). The molecule has 120 valence electrons. The number of hydrogen-bond acceptors (Lipinski definition) is 1. The predicted molar refractivity (Wildman–Crippen MR) is 91.0 cm³/mol. The topological polar surface area (TPSA) is 12.0 Å². The van der Waals surface area contributed by atoms with E-state index in [1.807, 2.05) is 0 Å². The van der Waals surface area contributed by atoms with Crippen molar-refractivity contribution < 1.29 is 0 Å². The van der Waals surface area contributed by atoms with E-state index >= 15 is 0 Å². The van der Waals surface area contributed by atoms with Crippen molar-refractivity contribution in [2.45, 2.75) is 98.6 Å². The quantitative estimate of drug-likeness (QED) is 0.703. The van der Waals surface area contributed by atoms with Crippen molar-refractivity contribution in [1.82, 2.24) is 5.32 Å². The van der Waals surface area contributed by atoms with Crippen LogP contribution in [0.25, 0.3) is 0 Å². The standard InChI is InChI=1S/C19H39N/c1-14(2)18(15(3)4)12-10-9-11-13-19(20-18,16(5)6)17(7)8/h14-17,20H,9-13H2,1-8H3. The molecule has 0 aliphatic carbocycles. The van der Waals surface area contributed by atoms with Gasteiger partial charge in [0.15, 0.2) is 0 Å². The van der Waals surface area contributed by atoms with Gasteiger partial charge in [0, 0.05) is 11.1 Å². The summed E-state index contributed by atoms with van der Waals surface area (Å²) in [7, 11) is 0. The molecule has 0 bridgehead atoms. The van der Waals surface area contributed by atoms with Crippen LogP contribution in [0.3, 0.4) is 0 Å². The van der Waals surface area contributed by atoms with Gasteiger partial charge in [-0.1, -0.05) is 74.7 Å². The second kappa shape index (κ2) is 6.81. The van der Waals surface area contributed by atoms with E-state index in [9.17, 15) is 0 Å². The molecule has 1 nitrogen and oxygen atoms in total. The first-order valence-corrected chi connectivity index (χ1v) is 8.98. The third kappa shape index (κ3) is 3.24. The first-order valence-electron chi connectivity index (χ1n) is 8.98. The Hall–Kier alpha value is -0.0400. The molecule has 0 aromatic heterocycles. The second-order valence-corrected chi connectivity index (χ2v) is 8.39. The van der Waals surface area contributed by atoms with Crippen LogP contribution in [0, 0.1) is 23.7 Å². The summed E-state index contributed by atoms with van der Waals surface area (Å²) in [4.78, 5) is 0. The van der Waals surface area contributed by atoms with Crippen LogP contribution < -0.4 is 5.32 Å². The fraction of sp³-hybridized carbons (Fsp3) is 1.00. The number of rotatable bonds is 4. The van der Waals surface area contributed by atoms with Crippen LogP contribution in [-0.4, -0.2) is 11.1 Å². The Morgan fingerprint density at radius 2 is 0.850 bits per heavy atom. The summed E-state index contributed by atoms with van der Waals surface area (Å²) in [6.07, 6.45) is 6.85. The highest BCUT2D eigenvalue weighted by Crippen LogP contribution is 2.42. The molecule has 0 aromatic carbocycles. The van der Waals surface area contributed by atoms with Crippen molar-refractivity contribution in [3.05, 3.63) is 0 Å². The molecule has 0 atom stereocenters. The Balaban J connectivity index is 3.24. The van der Waals surface area contributed by atoms with Crippen LogP contribution in [0.1, 0.15) is 87.5 Å². The van der Waals surface area contributed by atoms with Crippen molar-refractivity contribution in [3.8, 4) is 0 Å². The van der Waals surface area contributed by atoms with Crippen LogP contribution in [0.2, 0.25) is 0 Å². The zero-order valence-electron chi connectivity index (χ0n) is 15.3. The monoisotopic (exact) mass is 281 g/mol. The van der Waals surface area contributed by atoms with E-state index in [-0.39, 0.29) is 0 Å². The first kappa shape index (κ1) is 18.0. The van der Waals surface area contributed by atoms with Crippen LogP contribution in [-0.2, 0) is 0 Å². The van der Waals surface area contributed by atoms with Crippen LogP contribution in [0.4, 0.5) is 0 Å². The summed E-state index contributed by atoms with van der Waals surface area (Å²) in [6, 6.07) is 0. The minimum atomic E-state index is 0.301. The van der Waals surface area contributed by atoms with Gasteiger partial charge in [0.1, 0.15) is 0 Å². The summed E-state index contributed by atoms with van der Waals surface area (Å²) in [5.41, 5.74) is 0.601. The Morgan fingerprint density at radius 1 is 0.550 bits per heavy atom. The van der Waals surface area contributed by atoms with E-state index in [2.05, 4.69) is 60.7 Å². The van der Waals surface area contributed by atoms with Crippen molar-refractivity contribution in [2.75, 3.05) is 0 Å². The van der Waals surface area contributed by atoms with Crippen LogP contribution in [0.5, 0.6) is 0 Å². The lowest BCUT2D eigenvalue weighted by molar-refractivity contribution is 0.0243. The summed E-state index contributed by atoms with van der Waals surface area (Å²) in [6.45, 7) is 19.3. The predicted octanol–water partition coefficient (Wildman–Crippen LogP) is 5.64. The lowest BCUT2D eigenvalue weighted by Gasteiger charge is -2.55. The van der Waals surface area contributed by atoms with Gasteiger partial charge in [0.2, 0.25) is 0 Å². The van der Waals surface area contributed by atoms with Crippen molar-refractivity contribution >= 4 is 0 Å². The van der Waals surface area contributed by atoms with Gasteiger partial charge in [0.05, 0.1) is 0 Å². The first-order chi connectivity index (χ1) is 9.19.